The van der Waals surface area contributed by atoms with Crippen LogP contribution in [0.1, 0.15) is 33.6 Å². The van der Waals surface area contributed by atoms with Crippen molar-refractivity contribution in [3.05, 3.63) is 0 Å². The Kier molecular flexibility index (Phi) is 4.35. The van der Waals surface area contributed by atoms with Gasteiger partial charge in [-0.15, -0.1) is 0 Å². The summed E-state index contributed by atoms with van der Waals surface area (Å²) < 4.78 is 5.30. The fourth-order valence-corrected chi connectivity index (χ4v) is 1.79. The van der Waals surface area contributed by atoms with Crippen LogP contribution in [0.5, 0.6) is 0 Å². The normalized spacial score (nSPS) is 20.2. The van der Waals surface area contributed by atoms with Gasteiger partial charge in [0.15, 0.2) is 0 Å². The van der Waals surface area contributed by atoms with Crippen LogP contribution in [-0.2, 0) is 9.57 Å². The van der Waals surface area contributed by atoms with Gasteiger partial charge in [0.1, 0.15) is 11.2 Å². The summed E-state index contributed by atoms with van der Waals surface area (Å²) in [6.45, 7) is 7.03. The zero-order valence-electron chi connectivity index (χ0n) is 10.9. The van der Waals surface area contributed by atoms with Crippen molar-refractivity contribution in [3.8, 4) is 0 Å². The molecule has 1 amide bonds. The van der Waals surface area contributed by atoms with Crippen LogP contribution in [0.15, 0.2) is 0 Å². The number of amides is 1. The minimum absolute atomic E-state index is 0.292. The van der Waals surface area contributed by atoms with E-state index in [1.807, 2.05) is 20.8 Å². The molecule has 0 aliphatic carbocycles. The van der Waals surface area contributed by atoms with E-state index in [1.165, 1.54) is 0 Å². The third-order valence-corrected chi connectivity index (χ3v) is 2.95. The average Bonchev–Trinajstić information content (AvgIpc) is 2.27. The van der Waals surface area contributed by atoms with E-state index in [4.69, 9.17) is 21.2 Å². The first-order valence-corrected chi connectivity index (χ1v) is 5.88. The van der Waals surface area contributed by atoms with Crippen molar-refractivity contribution in [2.75, 3.05) is 19.6 Å². The predicted molar refractivity (Wildman–Crippen MR) is 64.1 cm³/mol. The summed E-state index contributed by atoms with van der Waals surface area (Å²) >= 11 is 0. The molecule has 17 heavy (non-hydrogen) atoms. The van der Waals surface area contributed by atoms with E-state index in [0.717, 1.165) is 0 Å². The second kappa shape index (κ2) is 5.20. The second-order valence-electron chi connectivity index (χ2n) is 5.47. The summed E-state index contributed by atoms with van der Waals surface area (Å²) in [5.41, 5.74) is 4.68. The van der Waals surface area contributed by atoms with Gasteiger partial charge in [-0.1, -0.05) is 0 Å². The highest BCUT2D eigenvalue weighted by Gasteiger charge is 2.36. The summed E-state index contributed by atoms with van der Waals surface area (Å²) in [5, 5.41) is 0. The van der Waals surface area contributed by atoms with Crippen molar-refractivity contribution in [1.29, 1.82) is 0 Å². The zero-order chi connectivity index (χ0) is 13.1. The Hall–Kier alpha value is -0.850. The maximum Gasteiger partial charge on any atom is 0.410 e. The highest BCUT2D eigenvalue weighted by Crippen LogP contribution is 2.24. The van der Waals surface area contributed by atoms with Gasteiger partial charge in [-0.05, 0) is 33.6 Å². The maximum absolute atomic E-state index is 11.8. The lowest BCUT2D eigenvalue weighted by Gasteiger charge is -2.39. The number of carbonyl (C=O) groups excluding carboxylic acids is 1. The Morgan fingerprint density at radius 1 is 1.35 bits per heavy atom. The Morgan fingerprint density at radius 2 is 1.88 bits per heavy atom. The van der Waals surface area contributed by atoms with Crippen LogP contribution < -0.4 is 11.6 Å². The van der Waals surface area contributed by atoms with Gasteiger partial charge >= 0.3 is 6.09 Å². The molecule has 1 heterocycles. The Bertz CT molecular complexity index is 262. The number of rotatable bonds is 2. The highest BCUT2D eigenvalue weighted by molar-refractivity contribution is 5.68. The van der Waals surface area contributed by atoms with Crippen molar-refractivity contribution >= 4 is 6.09 Å². The zero-order valence-corrected chi connectivity index (χ0v) is 10.9. The number of ether oxygens (including phenoxy) is 1. The molecule has 6 heteroatoms. The third kappa shape index (κ3) is 3.83. The SMILES string of the molecule is CC(C)(C)OC(=O)N1CCC(CN)(ON)CC1. The molecule has 4 N–H and O–H groups in total. The molecule has 1 saturated heterocycles. The van der Waals surface area contributed by atoms with Gasteiger partial charge < -0.3 is 15.4 Å². The Labute approximate surface area is 102 Å². The molecule has 0 radical (unpaired) electrons. The molecular weight excluding hydrogens is 222 g/mol. The standard InChI is InChI=1S/C11H23N3O3/c1-10(2,3)16-9(15)14-6-4-11(8-12,17-13)5-7-14/h4-8,12-13H2,1-3H3. The smallest absolute Gasteiger partial charge is 0.410 e. The molecule has 1 aliphatic heterocycles. The fourth-order valence-electron chi connectivity index (χ4n) is 1.79. The molecule has 1 aliphatic rings. The molecule has 100 valence electrons. The van der Waals surface area contributed by atoms with E-state index in [1.54, 1.807) is 4.90 Å². The molecule has 0 atom stereocenters. The van der Waals surface area contributed by atoms with Crippen LogP contribution in [0.3, 0.4) is 0 Å². The molecule has 0 saturated carbocycles. The van der Waals surface area contributed by atoms with Gasteiger partial charge in [-0.2, -0.15) is 0 Å². The van der Waals surface area contributed by atoms with Crippen molar-refractivity contribution in [2.45, 2.75) is 44.8 Å². The van der Waals surface area contributed by atoms with Crippen molar-refractivity contribution in [1.82, 2.24) is 4.90 Å². The van der Waals surface area contributed by atoms with Crippen molar-refractivity contribution in [3.63, 3.8) is 0 Å². The van der Waals surface area contributed by atoms with Crippen LogP contribution in [0.2, 0.25) is 0 Å². The van der Waals surface area contributed by atoms with E-state index in [-0.39, 0.29) is 6.09 Å². The van der Waals surface area contributed by atoms with Crippen LogP contribution in [0, 0.1) is 0 Å². The molecule has 0 unspecified atom stereocenters. The third-order valence-electron chi connectivity index (χ3n) is 2.95. The first-order valence-electron chi connectivity index (χ1n) is 5.88. The second-order valence-corrected chi connectivity index (χ2v) is 5.47. The molecular formula is C11H23N3O3. The van der Waals surface area contributed by atoms with Crippen LogP contribution >= 0.6 is 0 Å². The van der Waals surface area contributed by atoms with E-state index in [9.17, 15) is 4.79 Å². The first-order chi connectivity index (χ1) is 7.82. The molecule has 0 bridgehead atoms. The molecule has 0 aromatic heterocycles. The number of hydrogen-bond acceptors (Lipinski definition) is 5. The molecule has 0 aromatic carbocycles. The van der Waals surface area contributed by atoms with Gasteiger partial charge in [-0.25, -0.2) is 10.7 Å². The van der Waals surface area contributed by atoms with Gasteiger partial charge in [0.05, 0.1) is 0 Å². The van der Waals surface area contributed by atoms with Crippen LogP contribution in [-0.4, -0.2) is 41.8 Å². The molecule has 1 rings (SSSR count). The topological polar surface area (TPSA) is 90.8 Å². The highest BCUT2D eigenvalue weighted by atomic mass is 16.6. The molecule has 0 spiro atoms. The number of carbonyl (C=O) groups is 1. The van der Waals surface area contributed by atoms with E-state index in [0.29, 0.717) is 32.5 Å². The van der Waals surface area contributed by atoms with Gasteiger partial charge in [0, 0.05) is 19.6 Å². The van der Waals surface area contributed by atoms with Crippen molar-refractivity contribution in [2.24, 2.45) is 11.6 Å². The van der Waals surface area contributed by atoms with Gasteiger partial charge in [-0.3, -0.25) is 4.84 Å². The summed E-state index contributed by atoms with van der Waals surface area (Å²) in [6.07, 6.45) is 0.985. The van der Waals surface area contributed by atoms with E-state index < -0.39 is 11.2 Å². The first kappa shape index (κ1) is 14.2. The minimum Gasteiger partial charge on any atom is -0.444 e. The largest absolute Gasteiger partial charge is 0.444 e. The molecule has 1 fully saturated rings. The lowest BCUT2D eigenvalue weighted by Crippen LogP contribution is -2.53. The van der Waals surface area contributed by atoms with Crippen LogP contribution in [0.25, 0.3) is 0 Å². The minimum atomic E-state index is -0.488. The number of hydrogen-bond donors (Lipinski definition) is 2. The summed E-state index contributed by atoms with van der Waals surface area (Å²) in [4.78, 5) is 18.4. The molecule has 6 nitrogen and oxygen atoms in total. The number of piperidine rings is 1. The summed E-state index contributed by atoms with van der Waals surface area (Å²) in [5.74, 6) is 5.26. The van der Waals surface area contributed by atoms with Gasteiger partial charge in [0.25, 0.3) is 0 Å². The lowest BCUT2D eigenvalue weighted by molar-refractivity contribution is -0.0807. The average molecular weight is 245 g/mol. The predicted octanol–water partition coefficient (Wildman–Crippen LogP) is 0.605. The number of nitrogens with zero attached hydrogens (tertiary/aromatic N) is 1. The summed E-state index contributed by atoms with van der Waals surface area (Å²) in [7, 11) is 0. The molecule has 0 aromatic rings. The van der Waals surface area contributed by atoms with E-state index >= 15 is 0 Å². The lowest BCUT2D eigenvalue weighted by atomic mass is 9.92. The van der Waals surface area contributed by atoms with Gasteiger partial charge in [0.2, 0.25) is 0 Å². The fraction of sp³-hybridized carbons (Fsp3) is 0.909. The Balaban J connectivity index is 2.49. The van der Waals surface area contributed by atoms with Crippen molar-refractivity contribution < 1.29 is 14.4 Å². The van der Waals surface area contributed by atoms with E-state index in [2.05, 4.69) is 0 Å². The Morgan fingerprint density at radius 3 is 2.24 bits per heavy atom. The monoisotopic (exact) mass is 245 g/mol. The quantitative estimate of drug-likeness (QED) is 0.695. The van der Waals surface area contributed by atoms with Crippen LogP contribution in [0.4, 0.5) is 4.79 Å². The summed E-state index contributed by atoms with van der Waals surface area (Å²) in [6, 6.07) is 0. The number of likely N-dealkylation sites (tertiary alicyclic amines) is 1. The number of nitrogens with two attached hydrogens (primary N) is 2. The maximum atomic E-state index is 11.8.